The first-order chi connectivity index (χ1) is 11.4. The number of rotatable bonds is 2. The molecule has 0 aromatic rings. The van der Waals surface area contributed by atoms with Gasteiger partial charge in [0.05, 0.1) is 12.6 Å². The molecule has 136 valence electrons. The number of Topliss-reactive ketones (excluding diaryl/α,β-unsaturated/α-hetero) is 1. The minimum Gasteiger partial charge on any atom is -0.392 e. The van der Waals surface area contributed by atoms with Gasteiger partial charge in [0.25, 0.3) is 0 Å². The van der Waals surface area contributed by atoms with Gasteiger partial charge < -0.3 is 10.8 Å². The van der Waals surface area contributed by atoms with Crippen LogP contribution in [0.4, 0.5) is 0 Å². The quantitative estimate of drug-likeness (QED) is 0.812. The topological polar surface area (TPSA) is 63.3 Å². The van der Waals surface area contributed by atoms with E-state index in [4.69, 9.17) is 5.73 Å². The molecule has 3 nitrogen and oxygen atoms in total. The lowest BCUT2D eigenvalue weighted by Gasteiger charge is -2.61. The standard InChI is InChI=1S/C21H35NO2/c1-20-8-3-4-16(20)14-6-5-13-10-15(19(24)12-22)18(23)11-21(13,2)17(14)7-9-20/h13-18,23H,3-12,22H2,1-2H3/t13?,14-,15?,16-,17+,18?,20-,21-/m0/s1. The molecule has 4 saturated carbocycles. The van der Waals surface area contributed by atoms with Crippen molar-refractivity contribution >= 4 is 5.78 Å². The first kappa shape index (κ1) is 17.0. The highest BCUT2D eigenvalue weighted by Gasteiger charge is 2.59. The molecule has 0 aromatic carbocycles. The molecule has 0 bridgehead atoms. The molecule has 4 fully saturated rings. The molecule has 0 amide bonds. The molecule has 4 aliphatic carbocycles. The van der Waals surface area contributed by atoms with E-state index in [9.17, 15) is 9.90 Å². The first-order valence-corrected chi connectivity index (χ1v) is 10.3. The van der Waals surface area contributed by atoms with Crippen LogP contribution in [0, 0.1) is 40.4 Å². The molecule has 0 heterocycles. The summed E-state index contributed by atoms with van der Waals surface area (Å²) < 4.78 is 0. The second-order valence-corrected chi connectivity index (χ2v) is 10.0. The van der Waals surface area contributed by atoms with Crippen LogP contribution in [0.5, 0.6) is 0 Å². The van der Waals surface area contributed by atoms with Crippen LogP contribution in [0.1, 0.15) is 71.6 Å². The normalized spacial score (nSPS) is 53.8. The van der Waals surface area contributed by atoms with Gasteiger partial charge in [0, 0.05) is 5.92 Å². The third kappa shape index (κ3) is 2.34. The lowest BCUT2D eigenvalue weighted by molar-refractivity contribution is -0.152. The van der Waals surface area contributed by atoms with Crippen LogP contribution in [-0.2, 0) is 4.79 Å². The van der Waals surface area contributed by atoms with E-state index < -0.39 is 6.10 Å². The lowest BCUT2D eigenvalue weighted by atomic mass is 9.44. The molecule has 8 atom stereocenters. The smallest absolute Gasteiger partial charge is 0.152 e. The van der Waals surface area contributed by atoms with Gasteiger partial charge in [-0.1, -0.05) is 20.3 Å². The second-order valence-electron chi connectivity index (χ2n) is 10.0. The predicted molar refractivity (Wildman–Crippen MR) is 95.3 cm³/mol. The van der Waals surface area contributed by atoms with Crippen molar-refractivity contribution in [3.8, 4) is 0 Å². The summed E-state index contributed by atoms with van der Waals surface area (Å²) in [5.74, 6) is 3.00. The third-order valence-electron chi connectivity index (χ3n) is 9.11. The Labute approximate surface area is 146 Å². The van der Waals surface area contributed by atoms with Crippen LogP contribution in [0.2, 0.25) is 0 Å². The van der Waals surface area contributed by atoms with E-state index >= 15 is 0 Å². The van der Waals surface area contributed by atoms with Crippen molar-refractivity contribution in [1.29, 1.82) is 0 Å². The Kier molecular flexibility index (Phi) is 4.12. The number of ketones is 1. The van der Waals surface area contributed by atoms with Gasteiger partial charge >= 0.3 is 0 Å². The highest BCUT2D eigenvalue weighted by Crippen LogP contribution is 2.66. The van der Waals surface area contributed by atoms with E-state index in [1.54, 1.807) is 0 Å². The van der Waals surface area contributed by atoms with Crippen LogP contribution in [0.3, 0.4) is 0 Å². The van der Waals surface area contributed by atoms with Crippen molar-refractivity contribution in [3.63, 3.8) is 0 Å². The Hall–Kier alpha value is -0.410. The first-order valence-electron chi connectivity index (χ1n) is 10.3. The maximum Gasteiger partial charge on any atom is 0.152 e. The van der Waals surface area contributed by atoms with Crippen molar-refractivity contribution in [1.82, 2.24) is 0 Å². The molecular weight excluding hydrogens is 298 g/mol. The molecular formula is C21H35NO2. The van der Waals surface area contributed by atoms with Gasteiger partial charge in [-0.15, -0.1) is 0 Å². The summed E-state index contributed by atoms with van der Waals surface area (Å²) in [5, 5.41) is 10.7. The van der Waals surface area contributed by atoms with Crippen LogP contribution >= 0.6 is 0 Å². The average Bonchev–Trinajstić information content (AvgIpc) is 2.95. The zero-order valence-electron chi connectivity index (χ0n) is 15.5. The number of fused-ring (bicyclic) bond motifs is 5. The average molecular weight is 334 g/mol. The molecule has 3 N–H and O–H groups in total. The summed E-state index contributed by atoms with van der Waals surface area (Å²) in [6.45, 7) is 5.07. The summed E-state index contributed by atoms with van der Waals surface area (Å²) >= 11 is 0. The van der Waals surface area contributed by atoms with E-state index in [0.717, 1.165) is 30.6 Å². The zero-order valence-corrected chi connectivity index (χ0v) is 15.5. The van der Waals surface area contributed by atoms with Gasteiger partial charge in [-0.2, -0.15) is 0 Å². The molecule has 3 unspecified atom stereocenters. The Morgan fingerprint density at radius 2 is 1.92 bits per heavy atom. The molecule has 4 rings (SSSR count). The Morgan fingerprint density at radius 3 is 2.67 bits per heavy atom. The zero-order chi connectivity index (χ0) is 17.1. The highest BCUT2D eigenvalue weighted by atomic mass is 16.3. The van der Waals surface area contributed by atoms with E-state index in [1.807, 2.05) is 0 Å². The van der Waals surface area contributed by atoms with Crippen molar-refractivity contribution in [2.45, 2.75) is 77.7 Å². The molecule has 0 saturated heterocycles. The monoisotopic (exact) mass is 333 g/mol. The summed E-state index contributed by atoms with van der Waals surface area (Å²) in [6, 6.07) is 0. The second kappa shape index (κ2) is 5.81. The van der Waals surface area contributed by atoms with E-state index in [0.29, 0.717) is 11.3 Å². The molecule has 0 aromatic heterocycles. The molecule has 0 aliphatic heterocycles. The summed E-state index contributed by atoms with van der Waals surface area (Å²) in [4.78, 5) is 12.1. The maximum absolute atomic E-state index is 12.1. The number of aliphatic hydroxyl groups excluding tert-OH is 1. The van der Waals surface area contributed by atoms with E-state index in [-0.39, 0.29) is 23.7 Å². The number of hydrogen-bond donors (Lipinski definition) is 2. The fourth-order valence-corrected chi connectivity index (χ4v) is 7.79. The summed E-state index contributed by atoms with van der Waals surface area (Å²) in [7, 11) is 0. The third-order valence-corrected chi connectivity index (χ3v) is 9.11. The van der Waals surface area contributed by atoms with Crippen LogP contribution in [0.15, 0.2) is 0 Å². The SMILES string of the molecule is C[C@@]12CCC[C@H]1[C@@H]1CCC3CC(C(=O)CN)C(O)C[C@]3(C)[C@@H]1CC2. The van der Waals surface area contributed by atoms with Crippen molar-refractivity contribution in [2.24, 2.45) is 46.2 Å². The van der Waals surface area contributed by atoms with Crippen molar-refractivity contribution in [2.75, 3.05) is 6.54 Å². The van der Waals surface area contributed by atoms with Gasteiger partial charge in [-0.05, 0) is 85.9 Å². The highest BCUT2D eigenvalue weighted by molar-refractivity contribution is 5.83. The number of nitrogens with two attached hydrogens (primary N) is 1. The fraction of sp³-hybridized carbons (Fsp3) is 0.952. The van der Waals surface area contributed by atoms with Crippen molar-refractivity contribution in [3.05, 3.63) is 0 Å². The number of carbonyl (C=O) groups is 1. The van der Waals surface area contributed by atoms with E-state index in [2.05, 4.69) is 13.8 Å². The van der Waals surface area contributed by atoms with Gasteiger partial charge in [0.1, 0.15) is 0 Å². The minimum atomic E-state index is -0.474. The Balaban J connectivity index is 1.59. The Bertz CT molecular complexity index is 520. The Morgan fingerprint density at radius 1 is 1.12 bits per heavy atom. The molecule has 24 heavy (non-hydrogen) atoms. The molecule has 3 heteroatoms. The van der Waals surface area contributed by atoms with E-state index in [1.165, 1.54) is 44.9 Å². The van der Waals surface area contributed by atoms with Gasteiger partial charge in [0.2, 0.25) is 0 Å². The fourth-order valence-electron chi connectivity index (χ4n) is 7.79. The van der Waals surface area contributed by atoms with Crippen LogP contribution < -0.4 is 5.73 Å². The van der Waals surface area contributed by atoms with Gasteiger partial charge in [-0.25, -0.2) is 0 Å². The summed E-state index contributed by atoms with van der Waals surface area (Å²) in [6.07, 6.45) is 10.8. The van der Waals surface area contributed by atoms with Crippen LogP contribution in [0.25, 0.3) is 0 Å². The molecule has 0 spiro atoms. The number of hydrogen-bond acceptors (Lipinski definition) is 3. The summed E-state index contributed by atoms with van der Waals surface area (Å²) in [5.41, 5.74) is 6.41. The van der Waals surface area contributed by atoms with Gasteiger partial charge in [0.15, 0.2) is 5.78 Å². The molecule has 4 aliphatic rings. The van der Waals surface area contributed by atoms with Crippen molar-refractivity contribution < 1.29 is 9.90 Å². The van der Waals surface area contributed by atoms with Crippen LogP contribution in [-0.4, -0.2) is 23.5 Å². The number of carbonyl (C=O) groups excluding carboxylic acids is 1. The number of aliphatic hydroxyl groups is 1. The maximum atomic E-state index is 12.1. The minimum absolute atomic E-state index is 0.0682. The van der Waals surface area contributed by atoms with Gasteiger partial charge in [-0.3, -0.25) is 4.79 Å². The lowest BCUT2D eigenvalue weighted by Crippen LogP contribution is -2.56. The largest absolute Gasteiger partial charge is 0.392 e. The molecule has 0 radical (unpaired) electrons. The predicted octanol–water partition coefficient (Wildman–Crippen LogP) is 3.53.